The summed E-state index contributed by atoms with van der Waals surface area (Å²) in [5, 5.41) is 10.1. The van der Waals surface area contributed by atoms with Gasteiger partial charge in [-0.15, -0.1) is 0 Å². The van der Waals surface area contributed by atoms with Crippen molar-refractivity contribution in [1.82, 2.24) is 4.90 Å². The van der Waals surface area contributed by atoms with Crippen LogP contribution in [0.3, 0.4) is 0 Å². The van der Waals surface area contributed by atoms with Crippen LogP contribution in [0.1, 0.15) is 50.0 Å². The molecule has 1 N–H and O–H groups in total. The lowest BCUT2D eigenvalue weighted by Gasteiger charge is -2.37. The summed E-state index contributed by atoms with van der Waals surface area (Å²) < 4.78 is 0. The molecule has 1 heterocycles. The fraction of sp³-hybridized carbons (Fsp3) is 0.667. The van der Waals surface area contributed by atoms with E-state index in [-0.39, 0.29) is 6.10 Å². The van der Waals surface area contributed by atoms with Gasteiger partial charge < -0.3 is 10.0 Å². The van der Waals surface area contributed by atoms with Crippen molar-refractivity contribution in [3.63, 3.8) is 0 Å². The molecule has 2 aliphatic rings. The minimum atomic E-state index is -0.0457. The number of aliphatic hydroxyl groups is 1. The minimum absolute atomic E-state index is 0.0457. The molecular weight excluding hydrogens is 246 g/mol. The molecular formula is C18H27NO. The third-order valence-electron chi connectivity index (χ3n) is 5.22. The van der Waals surface area contributed by atoms with Crippen molar-refractivity contribution in [3.05, 3.63) is 35.9 Å². The second-order valence-electron chi connectivity index (χ2n) is 6.60. The van der Waals surface area contributed by atoms with Crippen molar-refractivity contribution >= 4 is 0 Å². The van der Waals surface area contributed by atoms with Gasteiger partial charge in [0, 0.05) is 6.54 Å². The predicted octanol–water partition coefficient (Wildman–Crippen LogP) is 3.42. The Kier molecular flexibility index (Phi) is 4.74. The van der Waals surface area contributed by atoms with Crippen molar-refractivity contribution in [1.29, 1.82) is 0 Å². The van der Waals surface area contributed by atoms with Crippen molar-refractivity contribution < 1.29 is 5.11 Å². The van der Waals surface area contributed by atoms with E-state index in [9.17, 15) is 5.11 Å². The lowest BCUT2D eigenvalue weighted by Crippen LogP contribution is -2.40. The maximum Gasteiger partial charge on any atom is 0.0580 e. The van der Waals surface area contributed by atoms with Crippen LogP contribution in [0.15, 0.2) is 30.3 Å². The predicted molar refractivity (Wildman–Crippen MR) is 82.8 cm³/mol. The molecule has 0 amide bonds. The highest BCUT2D eigenvalue weighted by atomic mass is 16.3. The molecule has 1 saturated heterocycles. The van der Waals surface area contributed by atoms with Crippen LogP contribution in [0, 0.1) is 5.92 Å². The summed E-state index contributed by atoms with van der Waals surface area (Å²) in [4.78, 5) is 2.58. The molecule has 1 aliphatic carbocycles. The molecule has 2 heteroatoms. The quantitative estimate of drug-likeness (QED) is 0.912. The SMILES string of the molecule is O[C@H]1CCCC[C@H]1CN1CCC(c2ccccc2)CC1. The van der Waals surface area contributed by atoms with Crippen LogP contribution < -0.4 is 0 Å². The third-order valence-corrected chi connectivity index (χ3v) is 5.22. The van der Waals surface area contributed by atoms with Crippen LogP contribution in [0.25, 0.3) is 0 Å². The lowest BCUT2D eigenvalue weighted by atomic mass is 9.84. The number of hydrogen-bond donors (Lipinski definition) is 1. The zero-order valence-corrected chi connectivity index (χ0v) is 12.4. The average Bonchev–Trinajstić information content (AvgIpc) is 2.51. The molecule has 0 radical (unpaired) electrons. The van der Waals surface area contributed by atoms with Crippen LogP contribution in [0.4, 0.5) is 0 Å². The molecule has 0 spiro atoms. The van der Waals surface area contributed by atoms with Gasteiger partial charge in [-0.3, -0.25) is 0 Å². The first-order valence-electron chi connectivity index (χ1n) is 8.28. The molecule has 20 heavy (non-hydrogen) atoms. The van der Waals surface area contributed by atoms with Crippen LogP contribution >= 0.6 is 0 Å². The van der Waals surface area contributed by atoms with E-state index in [1.165, 1.54) is 50.8 Å². The number of nitrogens with zero attached hydrogens (tertiary/aromatic N) is 1. The topological polar surface area (TPSA) is 23.5 Å². The molecule has 0 aromatic heterocycles. The average molecular weight is 273 g/mol. The Bertz CT molecular complexity index is 397. The van der Waals surface area contributed by atoms with E-state index in [0.29, 0.717) is 5.92 Å². The summed E-state index contributed by atoms with van der Waals surface area (Å²) in [5.41, 5.74) is 1.50. The number of rotatable bonds is 3. The largest absolute Gasteiger partial charge is 0.393 e. The Balaban J connectivity index is 1.49. The molecule has 0 unspecified atom stereocenters. The molecule has 1 aromatic rings. The Labute approximate surface area is 122 Å². The van der Waals surface area contributed by atoms with Crippen LogP contribution in [-0.2, 0) is 0 Å². The molecule has 3 rings (SSSR count). The number of hydrogen-bond acceptors (Lipinski definition) is 2. The van der Waals surface area contributed by atoms with Gasteiger partial charge in [0.25, 0.3) is 0 Å². The summed E-state index contributed by atoms with van der Waals surface area (Å²) in [7, 11) is 0. The minimum Gasteiger partial charge on any atom is -0.393 e. The second kappa shape index (κ2) is 6.73. The molecule has 2 nitrogen and oxygen atoms in total. The van der Waals surface area contributed by atoms with Gasteiger partial charge in [-0.2, -0.15) is 0 Å². The van der Waals surface area contributed by atoms with Crippen LogP contribution in [0.5, 0.6) is 0 Å². The van der Waals surface area contributed by atoms with Crippen molar-refractivity contribution in [3.8, 4) is 0 Å². The molecule has 1 aliphatic heterocycles. The molecule has 2 atom stereocenters. The number of likely N-dealkylation sites (tertiary alicyclic amines) is 1. The van der Waals surface area contributed by atoms with Crippen LogP contribution in [0.2, 0.25) is 0 Å². The molecule has 1 saturated carbocycles. The Morgan fingerprint density at radius 2 is 1.65 bits per heavy atom. The van der Waals surface area contributed by atoms with Gasteiger partial charge in [0.2, 0.25) is 0 Å². The van der Waals surface area contributed by atoms with E-state index in [1.807, 2.05) is 0 Å². The number of piperidine rings is 1. The van der Waals surface area contributed by atoms with E-state index in [4.69, 9.17) is 0 Å². The van der Waals surface area contributed by atoms with Crippen molar-refractivity contribution in [2.45, 2.75) is 50.5 Å². The van der Waals surface area contributed by atoms with Crippen molar-refractivity contribution in [2.75, 3.05) is 19.6 Å². The molecule has 110 valence electrons. The Morgan fingerprint density at radius 1 is 0.950 bits per heavy atom. The van der Waals surface area contributed by atoms with E-state index < -0.39 is 0 Å². The summed E-state index contributed by atoms with van der Waals surface area (Å²) in [6.45, 7) is 3.51. The summed E-state index contributed by atoms with van der Waals surface area (Å²) in [6.07, 6.45) is 7.26. The first kappa shape index (κ1) is 14.1. The van der Waals surface area contributed by atoms with Gasteiger partial charge in [-0.05, 0) is 56.2 Å². The lowest BCUT2D eigenvalue weighted by molar-refractivity contribution is 0.0410. The van der Waals surface area contributed by atoms with Gasteiger partial charge in [-0.25, -0.2) is 0 Å². The monoisotopic (exact) mass is 273 g/mol. The normalized spacial score (nSPS) is 29.4. The molecule has 1 aromatic carbocycles. The summed E-state index contributed by atoms with van der Waals surface area (Å²) in [5.74, 6) is 1.26. The van der Waals surface area contributed by atoms with E-state index in [0.717, 1.165) is 18.9 Å². The van der Waals surface area contributed by atoms with Gasteiger partial charge in [0.1, 0.15) is 0 Å². The highest BCUT2D eigenvalue weighted by molar-refractivity contribution is 5.20. The molecule has 2 fully saturated rings. The number of benzene rings is 1. The van der Waals surface area contributed by atoms with Gasteiger partial charge in [0.15, 0.2) is 0 Å². The van der Waals surface area contributed by atoms with Crippen molar-refractivity contribution in [2.24, 2.45) is 5.92 Å². The standard InChI is InChI=1S/C18H27NO/c20-18-9-5-4-8-17(18)14-19-12-10-16(11-13-19)15-6-2-1-3-7-15/h1-3,6-7,16-18,20H,4-5,8-14H2/t17-,18-/m0/s1. The summed E-state index contributed by atoms with van der Waals surface area (Å²) in [6, 6.07) is 10.9. The van der Waals surface area contributed by atoms with E-state index >= 15 is 0 Å². The summed E-state index contributed by atoms with van der Waals surface area (Å²) >= 11 is 0. The zero-order valence-electron chi connectivity index (χ0n) is 12.4. The smallest absolute Gasteiger partial charge is 0.0580 e. The third kappa shape index (κ3) is 3.42. The van der Waals surface area contributed by atoms with Crippen LogP contribution in [-0.4, -0.2) is 35.7 Å². The fourth-order valence-electron chi connectivity index (χ4n) is 3.91. The molecule has 0 bridgehead atoms. The maximum absolute atomic E-state index is 10.1. The second-order valence-corrected chi connectivity index (χ2v) is 6.60. The first-order valence-corrected chi connectivity index (χ1v) is 8.28. The van der Waals surface area contributed by atoms with Gasteiger partial charge >= 0.3 is 0 Å². The Hall–Kier alpha value is -0.860. The Morgan fingerprint density at radius 3 is 2.35 bits per heavy atom. The highest BCUT2D eigenvalue weighted by Gasteiger charge is 2.27. The fourth-order valence-corrected chi connectivity index (χ4v) is 3.91. The zero-order chi connectivity index (χ0) is 13.8. The van der Waals surface area contributed by atoms with Gasteiger partial charge in [-0.1, -0.05) is 43.2 Å². The van der Waals surface area contributed by atoms with E-state index in [2.05, 4.69) is 35.2 Å². The highest BCUT2D eigenvalue weighted by Crippen LogP contribution is 2.30. The van der Waals surface area contributed by atoms with E-state index in [1.54, 1.807) is 0 Å². The maximum atomic E-state index is 10.1. The first-order chi connectivity index (χ1) is 9.83. The number of aliphatic hydroxyl groups excluding tert-OH is 1. The van der Waals surface area contributed by atoms with Gasteiger partial charge in [0.05, 0.1) is 6.10 Å².